The van der Waals surface area contributed by atoms with Gasteiger partial charge in [0.25, 0.3) is 5.91 Å². The lowest BCUT2D eigenvalue weighted by atomic mass is 10.1. The SMILES string of the molecule is CNC(=O)NN(C(=O)c1cc(Cl)cc(Cl)c1)C(C)(C)C. The maximum Gasteiger partial charge on any atom is 0.333 e. The number of amides is 3. The smallest absolute Gasteiger partial charge is 0.333 e. The standard InChI is InChI=1S/C13H17Cl2N3O2/c1-13(2,3)18(17-12(20)16-4)11(19)8-5-9(14)7-10(15)6-8/h5-7H,1-4H3,(H2,16,17,20). The molecule has 0 heterocycles. The normalized spacial score (nSPS) is 10.9. The van der Waals surface area contributed by atoms with Crippen molar-refractivity contribution in [1.82, 2.24) is 15.8 Å². The van der Waals surface area contributed by atoms with E-state index in [0.29, 0.717) is 15.6 Å². The maximum atomic E-state index is 12.5. The Kier molecular flexibility index (Phi) is 5.25. The summed E-state index contributed by atoms with van der Waals surface area (Å²) in [5, 5.41) is 4.34. The number of carbonyl (C=O) groups is 2. The Morgan fingerprint density at radius 3 is 2.00 bits per heavy atom. The van der Waals surface area contributed by atoms with Crippen LogP contribution in [0.3, 0.4) is 0 Å². The number of rotatable bonds is 1. The first-order chi connectivity index (χ1) is 9.15. The summed E-state index contributed by atoms with van der Waals surface area (Å²) >= 11 is 11.8. The van der Waals surface area contributed by atoms with Crippen LogP contribution in [0.1, 0.15) is 31.1 Å². The summed E-state index contributed by atoms with van der Waals surface area (Å²) in [6.07, 6.45) is 0. The van der Waals surface area contributed by atoms with Crippen LogP contribution in [0.4, 0.5) is 4.79 Å². The van der Waals surface area contributed by atoms with Crippen molar-refractivity contribution < 1.29 is 9.59 Å². The van der Waals surface area contributed by atoms with Gasteiger partial charge in [-0.3, -0.25) is 4.79 Å². The van der Waals surface area contributed by atoms with Crippen LogP contribution < -0.4 is 10.7 Å². The molecule has 3 amide bonds. The molecule has 1 aromatic rings. The van der Waals surface area contributed by atoms with Gasteiger partial charge in [0.1, 0.15) is 0 Å². The van der Waals surface area contributed by atoms with Crippen molar-refractivity contribution in [3.8, 4) is 0 Å². The number of benzene rings is 1. The Balaban J connectivity index is 3.13. The van der Waals surface area contributed by atoms with Crippen molar-refractivity contribution in [2.45, 2.75) is 26.3 Å². The molecule has 0 aliphatic carbocycles. The number of nitrogens with zero attached hydrogens (tertiary/aromatic N) is 1. The highest BCUT2D eigenvalue weighted by Crippen LogP contribution is 2.22. The quantitative estimate of drug-likeness (QED) is 0.782. The Bertz CT molecular complexity index is 507. The molecule has 0 aromatic heterocycles. The third-order valence-corrected chi connectivity index (χ3v) is 2.86. The number of carbonyl (C=O) groups excluding carboxylic acids is 2. The molecule has 1 aromatic carbocycles. The largest absolute Gasteiger partial charge is 0.340 e. The molecule has 0 atom stereocenters. The average molecular weight is 318 g/mol. The first-order valence-electron chi connectivity index (χ1n) is 5.94. The summed E-state index contributed by atoms with van der Waals surface area (Å²) in [5.74, 6) is -0.398. The second-order valence-corrected chi connectivity index (χ2v) is 6.03. The number of hydrogen-bond acceptors (Lipinski definition) is 2. The van der Waals surface area contributed by atoms with Crippen LogP contribution >= 0.6 is 23.2 Å². The topological polar surface area (TPSA) is 61.4 Å². The van der Waals surface area contributed by atoms with Crippen molar-refractivity contribution in [2.24, 2.45) is 0 Å². The fourth-order valence-corrected chi connectivity index (χ4v) is 2.01. The third kappa shape index (κ3) is 4.28. The maximum absolute atomic E-state index is 12.5. The molecule has 2 N–H and O–H groups in total. The fourth-order valence-electron chi connectivity index (χ4n) is 1.49. The van der Waals surface area contributed by atoms with Gasteiger partial charge in [-0.2, -0.15) is 0 Å². The summed E-state index contributed by atoms with van der Waals surface area (Å²) in [4.78, 5) is 24.0. The van der Waals surface area contributed by atoms with Gasteiger partial charge in [-0.15, -0.1) is 0 Å². The molecule has 5 nitrogen and oxygen atoms in total. The van der Waals surface area contributed by atoms with E-state index < -0.39 is 17.5 Å². The molecular formula is C13H17Cl2N3O2. The first kappa shape index (κ1) is 16.6. The van der Waals surface area contributed by atoms with E-state index in [2.05, 4.69) is 10.7 Å². The van der Waals surface area contributed by atoms with Gasteiger partial charge in [0.15, 0.2) is 0 Å². The summed E-state index contributed by atoms with van der Waals surface area (Å²) in [6, 6.07) is 4.05. The van der Waals surface area contributed by atoms with Crippen molar-refractivity contribution in [3.63, 3.8) is 0 Å². The van der Waals surface area contributed by atoms with E-state index in [0.717, 1.165) is 0 Å². The highest BCUT2D eigenvalue weighted by Gasteiger charge is 2.29. The van der Waals surface area contributed by atoms with E-state index in [9.17, 15) is 9.59 Å². The highest BCUT2D eigenvalue weighted by molar-refractivity contribution is 6.35. The van der Waals surface area contributed by atoms with E-state index in [1.54, 1.807) is 20.8 Å². The zero-order chi connectivity index (χ0) is 15.5. The lowest BCUT2D eigenvalue weighted by molar-refractivity contribution is 0.0452. The van der Waals surface area contributed by atoms with Crippen LogP contribution in [0.5, 0.6) is 0 Å². The van der Waals surface area contributed by atoms with Crippen LogP contribution in [0.2, 0.25) is 10.0 Å². The predicted octanol–water partition coefficient (Wildman–Crippen LogP) is 3.08. The monoisotopic (exact) mass is 317 g/mol. The summed E-state index contributed by atoms with van der Waals surface area (Å²) in [6.45, 7) is 5.40. The molecule has 0 saturated carbocycles. The molecular weight excluding hydrogens is 301 g/mol. The highest BCUT2D eigenvalue weighted by atomic mass is 35.5. The van der Waals surface area contributed by atoms with Gasteiger partial charge < -0.3 is 5.32 Å². The number of hydrazine groups is 1. The molecule has 110 valence electrons. The predicted molar refractivity (Wildman–Crippen MR) is 80.0 cm³/mol. The first-order valence-corrected chi connectivity index (χ1v) is 6.70. The lowest BCUT2D eigenvalue weighted by Crippen LogP contribution is -2.57. The van der Waals surface area contributed by atoms with E-state index in [1.165, 1.54) is 30.3 Å². The second-order valence-electron chi connectivity index (χ2n) is 5.16. The molecule has 0 saturated heterocycles. The van der Waals surface area contributed by atoms with Crippen molar-refractivity contribution >= 4 is 35.1 Å². The van der Waals surface area contributed by atoms with Crippen molar-refractivity contribution in [2.75, 3.05) is 7.05 Å². The van der Waals surface area contributed by atoms with E-state index >= 15 is 0 Å². The van der Waals surface area contributed by atoms with E-state index in [-0.39, 0.29) is 0 Å². The molecule has 0 fully saturated rings. The van der Waals surface area contributed by atoms with Gasteiger partial charge in [-0.1, -0.05) is 23.2 Å². The van der Waals surface area contributed by atoms with Gasteiger partial charge in [0.2, 0.25) is 0 Å². The Labute approximate surface area is 128 Å². The van der Waals surface area contributed by atoms with Crippen LogP contribution in [0.15, 0.2) is 18.2 Å². The van der Waals surface area contributed by atoms with Crippen molar-refractivity contribution in [3.05, 3.63) is 33.8 Å². The molecule has 7 heteroatoms. The fraction of sp³-hybridized carbons (Fsp3) is 0.385. The molecule has 0 radical (unpaired) electrons. The zero-order valence-corrected chi connectivity index (χ0v) is 13.3. The number of halogens is 2. The molecule has 0 bridgehead atoms. The second kappa shape index (κ2) is 6.33. The molecule has 1 rings (SSSR count). The molecule has 20 heavy (non-hydrogen) atoms. The Hall–Kier alpha value is -1.46. The Morgan fingerprint density at radius 2 is 1.60 bits per heavy atom. The van der Waals surface area contributed by atoms with Crippen LogP contribution in [-0.2, 0) is 0 Å². The Morgan fingerprint density at radius 1 is 1.10 bits per heavy atom. The van der Waals surface area contributed by atoms with E-state index in [1.807, 2.05) is 0 Å². The van der Waals surface area contributed by atoms with Gasteiger partial charge >= 0.3 is 6.03 Å². The summed E-state index contributed by atoms with van der Waals surface area (Å²) in [7, 11) is 1.47. The summed E-state index contributed by atoms with van der Waals surface area (Å²) < 4.78 is 0. The lowest BCUT2D eigenvalue weighted by Gasteiger charge is -2.35. The van der Waals surface area contributed by atoms with Gasteiger partial charge in [-0.05, 0) is 39.0 Å². The van der Waals surface area contributed by atoms with Crippen molar-refractivity contribution in [1.29, 1.82) is 0 Å². The third-order valence-electron chi connectivity index (χ3n) is 2.42. The number of hydrogen-bond donors (Lipinski definition) is 2. The van der Waals surface area contributed by atoms with Gasteiger partial charge in [-0.25, -0.2) is 15.2 Å². The van der Waals surface area contributed by atoms with Crippen LogP contribution in [0.25, 0.3) is 0 Å². The molecule has 0 unspecified atom stereocenters. The minimum atomic E-state index is -0.613. The van der Waals surface area contributed by atoms with Gasteiger partial charge in [0.05, 0.1) is 5.54 Å². The molecule has 0 spiro atoms. The number of nitrogens with one attached hydrogen (secondary N) is 2. The van der Waals surface area contributed by atoms with Crippen LogP contribution in [0, 0.1) is 0 Å². The number of urea groups is 1. The van der Waals surface area contributed by atoms with Crippen LogP contribution in [-0.4, -0.2) is 29.5 Å². The summed E-state index contributed by atoms with van der Waals surface area (Å²) in [5.41, 5.74) is 2.18. The minimum Gasteiger partial charge on any atom is -0.340 e. The van der Waals surface area contributed by atoms with E-state index in [4.69, 9.17) is 23.2 Å². The molecule has 0 aliphatic rings. The minimum absolute atomic E-state index is 0.300. The average Bonchev–Trinajstić information content (AvgIpc) is 2.32. The van der Waals surface area contributed by atoms with Gasteiger partial charge in [0, 0.05) is 22.7 Å². The molecule has 0 aliphatic heterocycles. The zero-order valence-electron chi connectivity index (χ0n) is 11.8.